The molecule has 0 aliphatic heterocycles. The highest BCUT2D eigenvalue weighted by Crippen LogP contribution is 2.17. The molecule has 0 amide bonds. The molecule has 0 radical (unpaired) electrons. The zero-order valence-corrected chi connectivity index (χ0v) is 58.9. The van der Waals surface area contributed by atoms with E-state index in [-0.39, 0.29) is 0 Å². The topological polar surface area (TPSA) is 40.5 Å². The van der Waals surface area contributed by atoms with Gasteiger partial charge in [0.15, 0.2) is 0 Å². The molecular weight excluding hydrogens is 957 g/mol. The van der Waals surface area contributed by atoms with Gasteiger partial charge in [0.25, 0.3) is 0 Å². The normalized spacial score (nSPS) is 10.4. The van der Waals surface area contributed by atoms with Gasteiger partial charge in [-0.25, -0.2) is 0 Å². The predicted molar refractivity (Wildman–Crippen MR) is 373 cm³/mol. The Labute approximate surface area is 508 Å². The maximum atomic E-state index is 7.00. The van der Waals surface area contributed by atoms with Crippen LogP contribution >= 0.6 is 0 Å². The number of unbranched alkanes of at least 4 members (excludes halogenated alkanes) is 60. The van der Waals surface area contributed by atoms with Crippen LogP contribution in [0, 0.1) is 0 Å². The lowest BCUT2D eigenvalue weighted by atomic mass is 10.1. The molecule has 0 saturated carbocycles. The summed E-state index contributed by atoms with van der Waals surface area (Å²) >= 11 is 0. The smallest absolute Gasteiger partial charge is 0.0319 e. The lowest BCUT2D eigenvalue weighted by Crippen LogP contribution is -1.82. The van der Waals surface area contributed by atoms with Crippen molar-refractivity contribution in [1.82, 2.24) is 0 Å². The fourth-order valence-electron chi connectivity index (χ4n) is 10.5. The first-order chi connectivity index (χ1) is 39.1. The summed E-state index contributed by atoms with van der Waals surface area (Å²) in [5.74, 6) is 0. The van der Waals surface area contributed by atoms with Crippen LogP contribution in [0.25, 0.3) is 0 Å². The lowest BCUT2D eigenvalue weighted by molar-refractivity contribution is 0.399. The Balaban J connectivity index is -0.000000161. The second-order valence-corrected chi connectivity index (χ2v) is 24.4. The van der Waals surface area contributed by atoms with E-state index >= 15 is 0 Å². The fourth-order valence-corrected chi connectivity index (χ4v) is 10.5. The van der Waals surface area contributed by atoms with Gasteiger partial charge < -0.3 is 10.2 Å². The summed E-state index contributed by atoms with van der Waals surface area (Å²) in [7, 11) is 2.00. The molecule has 0 spiro atoms. The Bertz CT molecular complexity index is 585. The molecule has 488 valence electrons. The van der Waals surface area contributed by atoms with E-state index in [1.54, 1.807) is 0 Å². The second-order valence-electron chi connectivity index (χ2n) is 24.4. The first-order valence-corrected chi connectivity index (χ1v) is 38.0. The highest BCUT2D eigenvalue weighted by Gasteiger charge is 1.97. The van der Waals surface area contributed by atoms with Gasteiger partial charge in [0.1, 0.15) is 0 Å². The van der Waals surface area contributed by atoms with Crippen LogP contribution < -0.4 is 0 Å². The third-order valence-electron chi connectivity index (χ3n) is 16.0. The number of hydrogen-bond acceptors (Lipinski definition) is 2. The van der Waals surface area contributed by atoms with E-state index in [0.29, 0.717) is 0 Å². The van der Waals surface area contributed by atoms with Crippen LogP contribution in [-0.2, 0) is 0 Å². The lowest BCUT2D eigenvalue weighted by Gasteiger charge is -2.01. The first-order valence-electron chi connectivity index (χ1n) is 38.0. The number of aliphatic hydroxyl groups is 2. The maximum absolute atomic E-state index is 7.00. The van der Waals surface area contributed by atoms with Gasteiger partial charge >= 0.3 is 0 Å². The van der Waals surface area contributed by atoms with Crippen molar-refractivity contribution in [3.63, 3.8) is 0 Å². The van der Waals surface area contributed by atoms with Crippen LogP contribution in [0.1, 0.15) is 487 Å². The highest BCUT2D eigenvalue weighted by molar-refractivity contribution is 4.53. The van der Waals surface area contributed by atoms with E-state index in [0.717, 1.165) is 14.2 Å². The van der Waals surface area contributed by atoms with Gasteiger partial charge in [-0.1, -0.05) is 487 Å². The van der Waals surface area contributed by atoms with Gasteiger partial charge in [0.2, 0.25) is 0 Å². The summed E-state index contributed by atoms with van der Waals surface area (Å²) in [5.41, 5.74) is 0. The summed E-state index contributed by atoms with van der Waals surface area (Å²) in [6.45, 7) is 22.9. The van der Waals surface area contributed by atoms with E-state index < -0.39 is 0 Å². The molecule has 2 N–H and O–H groups in total. The van der Waals surface area contributed by atoms with Crippen molar-refractivity contribution in [1.29, 1.82) is 0 Å². The van der Waals surface area contributed by atoms with Crippen LogP contribution in [0.2, 0.25) is 0 Å². The van der Waals surface area contributed by atoms with Crippen LogP contribution in [0.3, 0.4) is 0 Å². The minimum atomic E-state index is 1.00. The molecule has 0 fully saturated rings. The molecule has 79 heavy (non-hydrogen) atoms. The molecule has 0 aromatic rings. The zero-order chi connectivity index (χ0) is 60.0. The molecule has 0 heterocycles. The maximum Gasteiger partial charge on any atom is 0.0319 e. The largest absolute Gasteiger partial charge is 0.400 e. The molecule has 0 unspecified atom stereocenters. The zero-order valence-electron chi connectivity index (χ0n) is 58.9. The standard InChI is InChI=1S/5C15H32.2CH4O/c5*1-3-5-7-9-11-13-15-14-12-10-8-6-4-2;2*1-2/h5*3-15H2,1-2H3;2*2H,1H3. The molecule has 0 rings (SSSR count). The summed E-state index contributed by atoms with van der Waals surface area (Å²) in [5, 5.41) is 14.0. The Morgan fingerprint density at radius 2 is 0.127 bits per heavy atom. The number of aliphatic hydroxyl groups excluding tert-OH is 2. The quantitative estimate of drug-likeness (QED) is 0.0596. The number of hydrogen-bond donors (Lipinski definition) is 2. The van der Waals surface area contributed by atoms with Crippen molar-refractivity contribution in [2.75, 3.05) is 14.2 Å². The molecule has 2 nitrogen and oxygen atoms in total. The minimum absolute atomic E-state index is 1.00. The molecule has 0 aromatic heterocycles. The van der Waals surface area contributed by atoms with Crippen molar-refractivity contribution >= 4 is 0 Å². The number of rotatable bonds is 60. The first kappa shape index (κ1) is 92.6. The van der Waals surface area contributed by atoms with Crippen LogP contribution in [0.15, 0.2) is 0 Å². The van der Waals surface area contributed by atoms with Gasteiger partial charge in [0, 0.05) is 14.2 Å². The Kier molecular flexibility index (Phi) is 128. The van der Waals surface area contributed by atoms with Crippen molar-refractivity contribution in [2.45, 2.75) is 487 Å². The van der Waals surface area contributed by atoms with E-state index in [4.69, 9.17) is 10.2 Å². The predicted octanol–water partition coefficient (Wildman–Crippen LogP) is 29.7. The summed E-state index contributed by atoms with van der Waals surface area (Å²) in [6, 6.07) is 0. The van der Waals surface area contributed by atoms with Crippen molar-refractivity contribution in [2.24, 2.45) is 0 Å². The molecule has 2 heteroatoms. The molecule has 0 bridgehead atoms. The van der Waals surface area contributed by atoms with Crippen LogP contribution in [0.4, 0.5) is 0 Å². The van der Waals surface area contributed by atoms with Gasteiger partial charge in [-0.2, -0.15) is 0 Å². The summed E-state index contributed by atoms with van der Waals surface area (Å²) < 4.78 is 0. The fraction of sp³-hybridized carbons (Fsp3) is 1.00. The summed E-state index contributed by atoms with van der Waals surface area (Å²) in [4.78, 5) is 0. The molecule has 0 atom stereocenters. The van der Waals surface area contributed by atoms with Gasteiger partial charge in [-0.15, -0.1) is 0 Å². The molecular formula is C77H168O2. The van der Waals surface area contributed by atoms with Gasteiger partial charge in [-0.3, -0.25) is 0 Å². The SMILES string of the molecule is CCCCCCCCCCCCCCC.CCCCCCCCCCCCCCC.CCCCCCCCCCCCCCC.CCCCCCCCCCCCCCC.CCCCCCCCCCCCCCC.CO.CO. The third kappa shape index (κ3) is 125. The van der Waals surface area contributed by atoms with E-state index in [1.807, 2.05) is 0 Å². The third-order valence-corrected chi connectivity index (χ3v) is 16.0. The Morgan fingerprint density at radius 3 is 0.165 bits per heavy atom. The van der Waals surface area contributed by atoms with E-state index in [9.17, 15) is 0 Å². The van der Waals surface area contributed by atoms with Crippen LogP contribution in [-0.4, -0.2) is 24.4 Å². The van der Waals surface area contributed by atoms with E-state index in [2.05, 4.69) is 69.2 Å². The van der Waals surface area contributed by atoms with Crippen LogP contribution in [0.5, 0.6) is 0 Å². The average Bonchev–Trinajstić information content (AvgIpc) is 3.48. The molecule has 0 saturated heterocycles. The average molecular weight is 1130 g/mol. The van der Waals surface area contributed by atoms with Crippen molar-refractivity contribution in [3.8, 4) is 0 Å². The molecule has 0 aliphatic rings. The Morgan fingerprint density at radius 1 is 0.0886 bits per heavy atom. The molecule has 0 aromatic carbocycles. The van der Waals surface area contributed by atoms with Crippen molar-refractivity contribution < 1.29 is 10.2 Å². The minimum Gasteiger partial charge on any atom is -0.400 e. The van der Waals surface area contributed by atoms with Gasteiger partial charge in [-0.05, 0) is 0 Å². The summed E-state index contributed by atoms with van der Waals surface area (Å²) in [6.07, 6.45) is 94.6. The van der Waals surface area contributed by atoms with E-state index in [1.165, 1.54) is 417 Å². The highest BCUT2D eigenvalue weighted by atomic mass is 16.2. The Hall–Kier alpha value is -0.0800. The monoisotopic (exact) mass is 1130 g/mol. The second kappa shape index (κ2) is 109. The van der Waals surface area contributed by atoms with Gasteiger partial charge in [0.05, 0.1) is 0 Å². The molecule has 0 aliphatic carbocycles. The van der Waals surface area contributed by atoms with Crippen molar-refractivity contribution in [3.05, 3.63) is 0 Å².